The van der Waals surface area contributed by atoms with Gasteiger partial charge in [-0.25, -0.2) is 8.42 Å². The van der Waals surface area contributed by atoms with Gasteiger partial charge in [0.2, 0.25) is 15.9 Å². The Hall–Kier alpha value is -1.61. The Balaban J connectivity index is 1.64. The summed E-state index contributed by atoms with van der Waals surface area (Å²) in [4.78, 5) is 12.9. The highest BCUT2D eigenvalue weighted by molar-refractivity contribution is 9.10. The van der Waals surface area contributed by atoms with Gasteiger partial charge in [0.05, 0.1) is 17.7 Å². The van der Waals surface area contributed by atoms with E-state index in [1.807, 2.05) is 0 Å². The Morgan fingerprint density at radius 1 is 1.18 bits per heavy atom. The first-order valence-corrected chi connectivity index (χ1v) is 11.3. The quantitative estimate of drug-likeness (QED) is 0.687. The van der Waals surface area contributed by atoms with Crippen LogP contribution in [0.3, 0.4) is 0 Å². The minimum atomic E-state index is -3.56. The molecular formula is C19H20BrClN2O4S. The van der Waals surface area contributed by atoms with Gasteiger partial charge in [-0.15, -0.1) is 0 Å². The van der Waals surface area contributed by atoms with Crippen molar-refractivity contribution in [1.82, 2.24) is 4.31 Å². The van der Waals surface area contributed by atoms with Gasteiger partial charge in [0, 0.05) is 28.5 Å². The molecule has 1 heterocycles. The highest BCUT2D eigenvalue weighted by atomic mass is 79.9. The van der Waals surface area contributed by atoms with Gasteiger partial charge in [-0.3, -0.25) is 4.79 Å². The molecule has 0 bridgehead atoms. The highest BCUT2D eigenvalue weighted by Crippen LogP contribution is 2.30. The van der Waals surface area contributed by atoms with Crippen LogP contribution in [0, 0.1) is 5.92 Å². The molecule has 1 fully saturated rings. The number of carbonyl (C=O) groups is 1. The Morgan fingerprint density at radius 3 is 2.43 bits per heavy atom. The lowest BCUT2D eigenvalue weighted by Crippen LogP contribution is -2.41. The SMILES string of the molecule is COc1ccc(Cl)cc1NC(=O)C1CCN(S(=O)(=O)c2ccc(Br)cc2)CC1. The van der Waals surface area contributed by atoms with E-state index < -0.39 is 10.0 Å². The van der Waals surface area contributed by atoms with Gasteiger partial charge in [0.15, 0.2) is 0 Å². The number of piperidine rings is 1. The zero-order valence-electron chi connectivity index (χ0n) is 15.2. The summed E-state index contributed by atoms with van der Waals surface area (Å²) in [7, 11) is -2.04. The fourth-order valence-electron chi connectivity index (χ4n) is 3.13. The summed E-state index contributed by atoms with van der Waals surface area (Å²) >= 11 is 9.30. The van der Waals surface area contributed by atoms with E-state index in [4.69, 9.17) is 16.3 Å². The standard InChI is InChI=1S/C19H20BrClN2O4S/c1-27-18-7-4-15(21)12-17(18)22-19(24)13-8-10-23(11-9-13)28(25,26)16-5-2-14(20)3-6-16/h2-7,12-13H,8-11H2,1H3,(H,22,24). The Kier molecular flexibility index (Phi) is 6.65. The number of rotatable bonds is 5. The van der Waals surface area contributed by atoms with Crippen molar-refractivity contribution in [2.75, 3.05) is 25.5 Å². The molecule has 9 heteroatoms. The molecule has 28 heavy (non-hydrogen) atoms. The molecule has 1 amide bonds. The van der Waals surface area contributed by atoms with Gasteiger partial charge >= 0.3 is 0 Å². The second-order valence-corrected chi connectivity index (χ2v) is 9.76. The molecular weight excluding hydrogens is 468 g/mol. The fraction of sp³-hybridized carbons (Fsp3) is 0.316. The normalized spacial score (nSPS) is 16.0. The summed E-state index contributed by atoms with van der Waals surface area (Å²) < 4.78 is 33.0. The average Bonchev–Trinajstić information content (AvgIpc) is 2.68. The number of ether oxygens (including phenoxy) is 1. The number of hydrogen-bond acceptors (Lipinski definition) is 4. The van der Waals surface area contributed by atoms with Crippen molar-refractivity contribution in [3.63, 3.8) is 0 Å². The molecule has 0 unspecified atom stereocenters. The van der Waals surface area contributed by atoms with Crippen LogP contribution in [0.1, 0.15) is 12.8 Å². The topological polar surface area (TPSA) is 75.7 Å². The minimum absolute atomic E-state index is 0.166. The van der Waals surface area contributed by atoms with Crippen molar-refractivity contribution in [1.29, 1.82) is 0 Å². The van der Waals surface area contributed by atoms with Crippen LogP contribution in [0.5, 0.6) is 5.75 Å². The Bertz CT molecular complexity index is 958. The van der Waals surface area contributed by atoms with Crippen LogP contribution in [-0.4, -0.2) is 38.8 Å². The largest absolute Gasteiger partial charge is 0.495 e. The van der Waals surface area contributed by atoms with Gasteiger partial charge in [-0.1, -0.05) is 27.5 Å². The van der Waals surface area contributed by atoms with Gasteiger partial charge < -0.3 is 10.1 Å². The third-order valence-electron chi connectivity index (χ3n) is 4.70. The lowest BCUT2D eigenvalue weighted by molar-refractivity contribution is -0.120. The maximum atomic E-state index is 12.8. The summed E-state index contributed by atoms with van der Waals surface area (Å²) in [6, 6.07) is 11.5. The van der Waals surface area contributed by atoms with Crippen LogP contribution in [0.25, 0.3) is 0 Å². The molecule has 0 aromatic heterocycles. The number of hydrogen-bond donors (Lipinski definition) is 1. The lowest BCUT2D eigenvalue weighted by atomic mass is 9.97. The molecule has 2 aromatic rings. The van der Waals surface area contributed by atoms with Crippen molar-refractivity contribution >= 4 is 49.1 Å². The van der Waals surface area contributed by atoms with Crippen molar-refractivity contribution in [3.8, 4) is 5.75 Å². The van der Waals surface area contributed by atoms with Crippen LogP contribution in [-0.2, 0) is 14.8 Å². The number of carbonyl (C=O) groups excluding carboxylic acids is 1. The first-order valence-electron chi connectivity index (χ1n) is 8.71. The minimum Gasteiger partial charge on any atom is -0.495 e. The first kappa shape index (κ1) is 21.1. The van der Waals surface area contributed by atoms with E-state index in [2.05, 4.69) is 21.2 Å². The second-order valence-electron chi connectivity index (χ2n) is 6.47. The molecule has 1 saturated heterocycles. The summed E-state index contributed by atoms with van der Waals surface area (Å²) in [6.45, 7) is 0.590. The predicted octanol–water partition coefficient (Wildman–Crippen LogP) is 4.15. The number of nitrogens with one attached hydrogen (secondary N) is 1. The molecule has 1 N–H and O–H groups in total. The number of methoxy groups -OCH3 is 1. The number of halogens is 2. The number of sulfonamides is 1. The maximum absolute atomic E-state index is 12.8. The van der Waals surface area contributed by atoms with E-state index in [9.17, 15) is 13.2 Å². The third kappa shape index (κ3) is 4.68. The molecule has 0 saturated carbocycles. The molecule has 6 nitrogen and oxygen atoms in total. The molecule has 0 aliphatic carbocycles. The van der Waals surface area contributed by atoms with Crippen LogP contribution >= 0.6 is 27.5 Å². The van der Waals surface area contributed by atoms with Crippen LogP contribution in [0.4, 0.5) is 5.69 Å². The maximum Gasteiger partial charge on any atom is 0.243 e. The molecule has 1 aliphatic rings. The van der Waals surface area contributed by atoms with E-state index in [1.54, 1.807) is 42.5 Å². The van der Waals surface area contributed by atoms with E-state index in [0.29, 0.717) is 42.4 Å². The zero-order chi connectivity index (χ0) is 20.3. The molecule has 0 spiro atoms. The second kappa shape index (κ2) is 8.82. The van der Waals surface area contributed by atoms with Gasteiger partial charge in [-0.2, -0.15) is 4.31 Å². The smallest absolute Gasteiger partial charge is 0.243 e. The lowest BCUT2D eigenvalue weighted by Gasteiger charge is -2.30. The van der Waals surface area contributed by atoms with Crippen LogP contribution in [0.2, 0.25) is 5.02 Å². The summed E-state index contributed by atoms with van der Waals surface area (Å²) in [5.41, 5.74) is 0.505. The van der Waals surface area contributed by atoms with E-state index in [0.717, 1.165) is 4.47 Å². The Morgan fingerprint density at radius 2 is 1.82 bits per heavy atom. The van der Waals surface area contributed by atoms with E-state index in [-0.39, 0.29) is 16.7 Å². The van der Waals surface area contributed by atoms with Crippen molar-refractivity contribution in [2.45, 2.75) is 17.7 Å². The molecule has 0 atom stereocenters. The van der Waals surface area contributed by atoms with Crippen LogP contribution < -0.4 is 10.1 Å². The van der Waals surface area contributed by atoms with Crippen molar-refractivity contribution in [2.24, 2.45) is 5.92 Å². The van der Waals surface area contributed by atoms with Crippen LogP contribution in [0.15, 0.2) is 51.8 Å². The summed E-state index contributed by atoms with van der Waals surface area (Å²) in [5, 5.41) is 3.33. The number of nitrogens with zero attached hydrogens (tertiary/aromatic N) is 1. The van der Waals surface area contributed by atoms with E-state index >= 15 is 0 Å². The molecule has 3 rings (SSSR count). The predicted molar refractivity (Wildman–Crippen MR) is 112 cm³/mol. The Labute approximate surface area is 178 Å². The number of benzene rings is 2. The van der Waals surface area contributed by atoms with Gasteiger partial charge in [0.1, 0.15) is 5.75 Å². The summed E-state index contributed by atoms with van der Waals surface area (Å²) in [5.74, 6) is 0.0781. The number of amides is 1. The van der Waals surface area contributed by atoms with Crippen molar-refractivity contribution in [3.05, 3.63) is 52.0 Å². The third-order valence-corrected chi connectivity index (χ3v) is 7.37. The molecule has 150 valence electrons. The molecule has 1 aliphatic heterocycles. The number of anilines is 1. The zero-order valence-corrected chi connectivity index (χ0v) is 18.4. The molecule has 2 aromatic carbocycles. The first-order chi connectivity index (χ1) is 13.3. The fourth-order valence-corrected chi connectivity index (χ4v) is 5.03. The van der Waals surface area contributed by atoms with E-state index in [1.165, 1.54) is 11.4 Å². The monoisotopic (exact) mass is 486 g/mol. The van der Waals surface area contributed by atoms with Gasteiger partial charge in [0.25, 0.3) is 0 Å². The van der Waals surface area contributed by atoms with Gasteiger partial charge in [-0.05, 0) is 55.3 Å². The average molecular weight is 488 g/mol. The molecule has 0 radical (unpaired) electrons. The summed E-state index contributed by atoms with van der Waals surface area (Å²) in [6.07, 6.45) is 0.898. The van der Waals surface area contributed by atoms with Crippen molar-refractivity contribution < 1.29 is 17.9 Å². The highest BCUT2D eigenvalue weighted by Gasteiger charge is 2.32.